The second-order valence-corrected chi connectivity index (χ2v) is 4.58. The third-order valence-electron chi connectivity index (χ3n) is 2.36. The van der Waals surface area contributed by atoms with Crippen LogP contribution in [-0.4, -0.2) is 25.2 Å². The van der Waals surface area contributed by atoms with E-state index in [9.17, 15) is 4.79 Å². The highest BCUT2D eigenvalue weighted by molar-refractivity contribution is 5.86. The first-order valence-corrected chi connectivity index (χ1v) is 6.04. The number of hydrogen-bond acceptors (Lipinski definition) is 4. The van der Waals surface area contributed by atoms with Gasteiger partial charge in [-0.3, -0.25) is 0 Å². The molecule has 0 amide bonds. The van der Waals surface area contributed by atoms with Gasteiger partial charge < -0.3 is 14.5 Å². The lowest BCUT2D eigenvalue weighted by molar-refractivity contribution is 0.0306. The molecule has 0 saturated carbocycles. The lowest BCUT2D eigenvalue weighted by atomic mass is 10.1. The number of ether oxygens (including phenoxy) is 1. The maximum atomic E-state index is 11.5. The third kappa shape index (κ3) is 5.54. The molecular formula is C13H21NO3. The van der Waals surface area contributed by atoms with Crippen LogP contribution < -0.4 is 5.32 Å². The van der Waals surface area contributed by atoms with Gasteiger partial charge in [0.05, 0.1) is 6.26 Å². The van der Waals surface area contributed by atoms with Gasteiger partial charge in [-0.15, -0.1) is 0 Å². The molecule has 1 aromatic rings. The van der Waals surface area contributed by atoms with Gasteiger partial charge >= 0.3 is 5.97 Å². The minimum atomic E-state index is -0.409. The Bertz CT molecular complexity index is 319. The summed E-state index contributed by atoms with van der Waals surface area (Å²) in [6.07, 6.45) is 2.43. The van der Waals surface area contributed by atoms with Crippen molar-refractivity contribution in [3.05, 3.63) is 24.2 Å². The Morgan fingerprint density at radius 1 is 1.47 bits per heavy atom. The molecule has 0 saturated heterocycles. The summed E-state index contributed by atoms with van der Waals surface area (Å²) in [5.41, 5.74) is 0. The summed E-state index contributed by atoms with van der Waals surface area (Å²) in [7, 11) is 0. The van der Waals surface area contributed by atoms with E-state index in [-0.39, 0.29) is 11.9 Å². The Kier molecular flexibility index (Phi) is 5.77. The molecule has 1 heterocycles. The number of rotatable bonds is 7. The first kappa shape index (κ1) is 13.8. The van der Waals surface area contributed by atoms with Gasteiger partial charge in [-0.05, 0) is 37.9 Å². The van der Waals surface area contributed by atoms with Gasteiger partial charge in [0.15, 0.2) is 0 Å². The monoisotopic (exact) mass is 239 g/mol. The van der Waals surface area contributed by atoms with Crippen molar-refractivity contribution in [2.24, 2.45) is 5.92 Å². The molecule has 4 nitrogen and oxygen atoms in total. The second-order valence-electron chi connectivity index (χ2n) is 4.58. The Morgan fingerprint density at radius 2 is 2.24 bits per heavy atom. The van der Waals surface area contributed by atoms with E-state index in [4.69, 9.17) is 9.15 Å². The Hall–Kier alpha value is -1.29. The molecule has 1 unspecified atom stereocenters. The van der Waals surface area contributed by atoms with Gasteiger partial charge in [0.25, 0.3) is 0 Å². The fraction of sp³-hybridized carbons (Fsp3) is 0.615. The lowest BCUT2D eigenvalue weighted by Gasteiger charge is -2.13. The van der Waals surface area contributed by atoms with Crippen molar-refractivity contribution in [2.45, 2.75) is 33.3 Å². The van der Waals surface area contributed by atoms with Gasteiger partial charge in [0, 0.05) is 6.54 Å². The molecule has 0 aromatic carbocycles. The minimum Gasteiger partial charge on any atom is -0.457 e. The standard InChI is InChI=1S/C13H21NO3/c1-10(2)6-7-14-9-11(3)17-13(15)12-5-4-8-16-12/h4-5,8,10-11,14H,6-7,9H2,1-3H3. The third-order valence-corrected chi connectivity index (χ3v) is 2.36. The molecule has 1 aromatic heterocycles. The minimum absolute atomic E-state index is 0.153. The van der Waals surface area contributed by atoms with E-state index in [1.54, 1.807) is 12.1 Å². The van der Waals surface area contributed by atoms with E-state index in [0.29, 0.717) is 12.5 Å². The normalized spacial score (nSPS) is 12.7. The summed E-state index contributed by atoms with van der Waals surface area (Å²) >= 11 is 0. The van der Waals surface area contributed by atoms with E-state index in [1.165, 1.54) is 6.26 Å². The van der Waals surface area contributed by atoms with E-state index in [1.807, 2.05) is 6.92 Å². The zero-order valence-electron chi connectivity index (χ0n) is 10.7. The van der Waals surface area contributed by atoms with E-state index >= 15 is 0 Å². The van der Waals surface area contributed by atoms with Crippen LogP contribution in [0.25, 0.3) is 0 Å². The quantitative estimate of drug-likeness (QED) is 0.586. The fourth-order valence-corrected chi connectivity index (χ4v) is 1.37. The molecule has 1 atom stereocenters. The first-order chi connectivity index (χ1) is 8.09. The summed E-state index contributed by atoms with van der Waals surface area (Å²) in [6.45, 7) is 7.84. The van der Waals surface area contributed by atoms with Crippen molar-refractivity contribution in [1.29, 1.82) is 0 Å². The van der Waals surface area contributed by atoms with Crippen molar-refractivity contribution >= 4 is 5.97 Å². The highest BCUT2D eigenvalue weighted by Gasteiger charge is 2.13. The molecule has 1 N–H and O–H groups in total. The van der Waals surface area contributed by atoms with Crippen molar-refractivity contribution < 1.29 is 13.9 Å². The number of nitrogens with one attached hydrogen (secondary N) is 1. The van der Waals surface area contributed by atoms with Gasteiger partial charge in [-0.25, -0.2) is 4.79 Å². The summed E-state index contributed by atoms with van der Waals surface area (Å²) in [6, 6.07) is 3.27. The van der Waals surface area contributed by atoms with Crippen molar-refractivity contribution in [3.63, 3.8) is 0 Å². The van der Waals surface area contributed by atoms with Gasteiger partial charge in [-0.1, -0.05) is 13.8 Å². The highest BCUT2D eigenvalue weighted by atomic mass is 16.6. The van der Waals surface area contributed by atoms with Crippen LogP contribution in [0.3, 0.4) is 0 Å². The van der Waals surface area contributed by atoms with Crippen LogP contribution in [0.4, 0.5) is 0 Å². The summed E-state index contributed by atoms with van der Waals surface area (Å²) in [4.78, 5) is 11.5. The summed E-state index contributed by atoms with van der Waals surface area (Å²) < 4.78 is 10.2. The Morgan fingerprint density at radius 3 is 2.82 bits per heavy atom. The zero-order chi connectivity index (χ0) is 12.7. The Labute approximate surface area is 102 Å². The van der Waals surface area contributed by atoms with E-state index < -0.39 is 5.97 Å². The fourth-order valence-electron chi connectivity index (χ4n) is 1.37. The van der Waals surface area contributed by atoms with Crippen LogP contribution in [0, 0.1) is 5.92 Å². The molecule has 0 bridgehead atoms. The molecule has 0 aliphatic carbocycles. The number of hydrogen-bond donors (Lipinski definition) is 1. The summed E-state index contributed by atoms with van der Waals surface area (Å²) in [5.74, 6) is 0.524. The molecule has 96 valence electrons. The predicted molar refractivity (Wildman–Crippen MR) is 65.9 cm³/mol. The average Bonchev–Trinajstić information content (AvgIpc) is 2.77. The first-order valence-electron chi connectivity index (χ1n) is 6.04. The number of carbonyl (C=O) groups is 1. The highest BCUT2D eigenvalue weighted by Crippen LogP contribution is 2.04. The maximum absolute atomic E-state index is 11.5. The van der Waals surface area contributed by atoms with Crippen LogP contribution in [0.5, 0.6) is 0 Å². The zero-order valence-corrected chi connectivity index (χ0v) is 10.7. The largest absolute Gasteiger partial charge is 0.457 e. The summed E-state index contributed by atoms with van der Waals surface area (Å²) in [5, 5.41) is 3.26. The Balaban J connectivity index is 2.16. The number of esters is 1. The topological polar surface area (TPSA) is 51.5 Å². The molecular weight excluding hydrogens is 218 g/mol. The molecule has 0 spiro atoms. The van der Waals surface area contributed by atoms with Crippen LogP contribution in [0.2, 0.25) is 0 Å². The maximum Gasteiger partial charge on any atom is 0.374 e. The average molecular weight is 239 g/mol. The van der Waals surface area contributed by atoms with Crippen LogP contribution in [-0.2, 0) is 4.74 Å². The molecule has 17 heavy (non-hydrogen) atoms. The molecule has 0 aliphatic heterocycles. The van der Waals surface area contributed by atoms with Gasteiger partial charge in [0.1, 0.15) is 6.10 Å². The van der Waals surface area contributed by atoms with Crippen LogP contribution in [0.15, 0.2) is 22.8 Å². The van der Waals surface area contributed by atoms with Gasteiger partial charge in [-0.2, -0.15) is 0 Å². The molecule has 0 radical (unpaired) electrons. The lowest BCUT2D eigenvalue weighted by Crippen LogP contribution is -2.29. The molecule has 4 heteroatoms. The predicted octanol–water partition coefficient (Wildman–Crippen LogP) is 2.46. The van der Waals surface area contributed by atoms with Crippen molar-refractivity contribution in [1.82, 2.24) is 5.32 Å². The van der Waals surface area contributed by atoms with E-state index in [0.717, 1.165) is 13.0 Å². The second kappa shape index (κ2) is 7.12. The van der Waals surface area contributed by atoms with Crippen molar-refractivity contribution in [2.75, 3.05) is 13.1 Å². The molecule has 0 aliphatic rings. The van der Waals surface area contributed by atoms with Crippen LogP contribution >= 0.6 is 0 Å². The van der Waals surface area contributed by atoms with Crippen LogP contribution in [0.1, 0.15) is 37.7 Å². The van der Waals surface area contributed by atoms with Gasteiger partial charge in [0.2, 0.25) is 5.76 Å². The number of carbonyl (C=O) groups excluding carboxylic acids is 1. The van der Waals surface area contributed by atoms with Crippen molar-refractivity contribution in [3.8, 4) is 0 Å². The van der Waals surface area contributed by atoms with E-state index in [2.05, 4.69) is 19.2 Å². The number of furan rings is 1. The molecule has 1 rings (SSSR count). The molecule has 0 fully saturated rings. The smallest absolute Gasteiger partial charge is 0.374 e. The SMILES string of the molecule is CC(C)CCNCC(C)OC(=O)c1ccco1.